The van der Waals surface area contributed by atoms with Gasteiger partial charge in [-0.1, -0.05) is 19.1 Å². The molecule has 9 heteroatoms. The molecule has 2 rings (SSSR count). The van der Waals surface area contributed by atoms with Crippen LogP contribution in [0.4, 0.5) is 23.7 Å². The Hall–Kier alpha value is -2.45. The van der Waals surface area contributed by atoms with Crippen molar-refractivity contribution in [1.29, 1.82) is 0 Å². The Morgan fingerprint density at radius 3 is 2.64 bits per heavy atom. The molecule has 0 bridgehead atoms. The highest BCUT2D eigenvalue weighted by molar-refractivity contribution is 5.83. The lowest BCUT2D eigenvalue weighted by Crippen LogP contribution is -2.54. The molecule has 2 amide bonds. The molecule has 1 saturated heterocycles. The van der Waals surface area contributed by atoms with Crippen LogP contribution in [0.2, 0.25) is 0 Å². The number of primary amides is 1. The van der Waals surface area contributed by atoms with Crippen molar-refractivity contribution in [2.45, 2.75) is 32.2 Å². The number of carbonyl (C=O) groups is 2. The van der Waals surface area contributed by atoms with Crippen molar-refractivity contribution in [2.24, 2.45) is 11.7 Å². The van der Waals surface area contributed by atoms with Crippen molar-refractivity contribution in [3.8, 4) is 5.75 Å². The van der Waals surface area contributed by atoms with E-state index in [0.29, 0.717) is 13.0 Å². The van der Waals surface area contributed by atoms with E-state index in [-0.39, 0.29) is 30.2 Å². The Morgan fingerprint density at radius 1 is 1.36 bits per heavy atom. The quantitative estimate of drug-likeness (QED) is 0.846. The van der Waals surface area contributed by atoms with E-state index >= 15 is 0 Å². The van der Waals surface area contributed by atoms with Gasteiger partial charge in [0.25, 0.3) is 0 Å². The fraction of sp³-hybridized carbons (Fsp3) is 0.500. The zero-order valence-electron chi connectivity index (χ0n) is 13.7. The second kappa shape index (κ2) is 7.62. The number of rotatable bonds is 5. The number of amides is 2. The molecule has 0 spiro atoms. The third-order valence-electron chi connectivity index (χ3n) is 4.13. The van der Waals surface area contributed by atoms with Crippen molar-refractivity contribution in [3.63, 3.8) is 0 Å². The summed E-state index contributed by atoms with van der Waals surface area (Å²) in [6.07, 6.45) is -4.16. The van der Waals surface area contributed by atoms with Gasteiger partial charge in [0.1, 0.15) is 5.78 Å². The lowest BCUT2D eigenvalue weighted by Gasteiger charge is -2.39. The van der Waals surface area contributed by atoms with Crippen molar-refractivity contribution in [3.05, 3.63) is 24.3 Å². The standard InChI is InChI=1S/C16H20F3N3O3/c1-2-13(23)10-9-22(8-7-11(10)21-15(20)24)12-5-3-4-6-14(12)25-16(17,18)19/h3-6,10-11H,2,7-9H2,1H3,(H3,20,21,24). The molecule has 0 saturated carbocycles. The number of hydrogen-bond donors (Lipinski definition) is 2. The molecule has 1 heterocycles. The minimum Gasteiger partial charge on any atom is -0.404 e. The van der Waals surface area contributed by atoms with Crippen LogP contribution in [0.3, 0.4) is 0 Å². The molecule has 2 unspecified atom stereocenters. The predicted octanol–water partition coefficient (Wildman–Crippen LogP) is 2.43. The maximum atomic E-state index is 12.6. The molecule has 1 aromatic carbocycles. The zero-order chi connectivity index (χ0) is 18.6. The average Bonchev–Trinajstić information content (AvgIpc) is 2.53. The summed E-state index contributed by atoms with van der Waals surface area (Å²) in [6.45, 7) is 2.23. The van der Waals surface area contributed by atoms with Gasteiger partial charge in [-0.05, 0) is 18.6 Å². The number of benzene rings is 1. The van der Waals surface area contributed by atoms with Crippen LogP contribution in [-0.2, 0) is 4.79 Å². The molecular formula is C16H20F3N3O3. The smallest absolute Gasteiger partial charge is 0.404 e. The summed E-state index contributed by atoms with van der Waals surface area (Å²) < 4.78 is 41.9. The van der Waals surface area contributed by atoms with E-state index in [0.717, 1.165) is 0 Å². The predicted molar refractivity (Wildman–Crippen MR) is 85.3 cm³/mol. The summed E-state index contributed by atoms with van der Waals surface area (Å²) in [6, 6.07) is 4.62. The van der Waals surface area contributed by atoms with E-state index in [9.17, 15) is 22.8 Å². The Labute approximate surface area is 143 Å². The summed E-state index contributed by atoms with van der Waals surface area (Å²) >= 11 is 0. The Morgan fingerprint density at radius 2 is 2.04 bits per heavy atom. The van der Waals surface area contributed by atoms with Crippen LogP contribution in [0, 0.1) is 5.92 Å². The number of ketones is 1. The molecule has 1 aliphatic rings. The number of nitrogens with zero attached hydrogens (tertiary/aromatic N) is 1. The number of piperidine rings is 1. The number of para-hydroxylation sites is 2. The van der Waals surface area contributed by atoms with E-state index in [1.807, 2.05) is 0 Å². The average molecular weight is 359 g/mol. The molecule has 0 aliphatic carbocycles. The van der Waals surface area contributed by atoms with E-state index in [2.05, 4.69) is 10.1 Å². The number of hydrogen-bond acceptors (Lipinski definition) is 4. The Balaban J connectivity index is 2.24. The largest absolute Gasteiger partial charge is 0.573 e. The summed E-state index contributed by atoms with van der Waals surface area (Å²) in [5, 5.41) is 2.55. The minimum atomic E-state index is -4.80. The van der Waals surface area contributed by atoms with Gasteiger partial charge >= 0.3 is 12.4 Å². The molecule has 0 radical (unpaired) electrons. The molecule has 0 aromatic heterocycles. The maximum Gasteiger partial charge on any atom is 0.573 e. The van der Waals surface area contributed by atoms with Gasteiger partial charge in [0.05, 0.1) is 11.6 Å². The number of halogens is 3. The van der Waals surface area contributed by atoms with E-state index in [4.69, 9.17) is 5.73 Å². The van der Waals surface area contributed by atoms with Gasteiger partial charge in [-0.2, -0.15) is 0 Å². The van der Waals surface area contributed by atoms with Crippen LogP contribution in [0.5, 0.6) is 5.75 Å². The van der Waals surface area contributed by atoms with Crippen LogP contribution < -0.4 is 20.7 Å². The molecule has 1 fully saturated rings. The molecule has 1 aromatic rings. The van der Waals surface area contributed by atoms with Gasteiger partial charge in [0.2, 0.25) is 0 Å². The number of urea groups is 1. The van der Waals surface area contributed by atoms with E-state index in [1.54, 1.807) is 17.9 Å². The molecule has 25 heavy (non-hydrogen) atoms. The first-order valence-corrected chi connectivity index (χ1v) is 7.89. The van der Waals surface area contributed by atoms with Gasteiger partial charge < -0.3 is 20.7 Å². The normalized spacial score (nSPS) is 20.9. The lowest BCUT2D eigenvalue weighted by molar-refractivity contribution is -0.274. The Bertz CT molecular complexity index is 637. The van der Waals surface area contributed by atoms with Gasteiger partial charge in [0, 0.05) is 25.6 Å². The molecular weight excluding hydrogens is 339 g/mol. The van der Waals surface area contributed by atoms with Gasteiger partial charge in [-0.25, -0.2) is 4.79 Å². The fourth-order valence-electron chi connectivity index (χ4n) is 3.04. The molecule has 3 N–H and O–H groups in total. The number of carbonyl (C=O) groups excluding carboxylic acids is 2. The number of nitrogens with two attached hydrogens (primary N) is 1. The SMILES string of the molecule is CCC(=O)C1CN(c2ccccc2OC(F)(F)F)CCC1NC(N)=O. The number of nitrogens with one attached hydrogen (secondary N) is 1. The Kier molecular flexibility index (Phi) is 5.76. The summed E-state index contributed by atoms with van der Waals surface area (Å²) in [7, 11) is 0. The number of Topliss-reactive ketones (excluding diaryl/α,β-unsaturated/α-hetero) is 1. The van der Waals surface area contributed by atoms with Crippen LogP contribution in [0.1, 0.15) is 19.8 Å². The number of anilines is 1. The first kappa shape index (κ1) is 18.9. The van der Waals surface area contributed by atoms with Crippen molar-refractivity contribution < 1.29 is 27.5 Å². The van der Waals surface area contributed by atoms with Crippen molar-refractivity contribution in [1.82, 2.24) is 5.32 Å². The second-order valence-corrected chi connectivity index (χ2v) is 5.79. The number of alkyl halides is 3. The maximum absolute atomic E-state index is 12.6. The van der Waals surface area contributed by atoms with Gasteiger partial charge in [-0.3, -0.25) is 4.79 Å². The van der Waals surface area contributed by atoms with Crippen LogP contribution in [-0.4, -0.2) is 37.3 Å². The lowest BCUT2D eigenvalue weighted by atomic mass is 9.87. The van der Waals surface area contributed by atoms with Crippen LogP contribution >= 0.6 is 0 Å². The molecule has 6 nitrogen and oxygen atoms in total. The van der Waals surface area contributed by atoms with E-state index < -0.39 is 24.4 Å². The second-order valence-electron chi connectivity index (χ2n) is 5.79. The van der Waals surface area contributed by atoms with Gasteiger partial charge in [-0.15, -0.1) is 13.2 Å². The highest BCUT2D eigenvalue weighted by Crippen LogP contribution is 2.35. The first-order valence-electron chi connectivity index (χ1n) is 7.89. The van der Waals surface area contributed by atoms with Crippen molar-refractivity contribution >= 4 is 17.5 Å². The highest BCUT2D eigenvalue weighted by Gasteiger charge is 2.37. The molecule has 138 valence electrons. The van der Waals surface area contributed by atoms with Crippen LogP contribution in [0.25, 0.3) is 0 Å². The summed E-state index contributed by atoms with van der Waals surface area (Å²) in [4.78, 5) is 25.0. The topological polar surface area (TPSA) is 84.7 Å². The molecule has 2 atom stereocenters. The third kappa shape index (κ3) is 5.01. The first-order chi connectivity index (χ1) is 11.7. The zero-order valence-corrected chi connectivity index (χ0v) is 13.7. The van der Waals surface area contributed by atoms with Crippen molar-refractivity contribution in [2.75, 3.05) is 18.0 Å². The monoisotopic (exact) mass is 359 g/mol. The number of ether oxygens (including phenoxy) is 1. The molecule has 1 aliphatic heterocycles. The minimum absolute atomic E-state index is 0.0855. The fourth-order valence-corrected chi connectivity index (χ4v) is 3.04. The summed E-state index contributed by atoms with van der Waals surface area (Å²) in [5.74, 6) is -0.957. The van der Waals surface area contributed by atoms with Gasteiger partial charge in [0.15, 0.2) is 5.75 Å². The highest BCUT2D eigenvalue weighted by atomic mass is 19.4. The third-order valence-corrected chi connectivity index (χ3v) is 4.13. The van der Waals surface area contributed by atoms with E-state index in [1.165, 1.54) is 18.2 Å². The van der Waals surface area contributed by atoms with Crippen LogP contribution in [0.15, 0.2) is 24.3 Å². The summed E-state index contributed by atoms with van der Waals surface area (Å²) in [5.41, 5.74) is 5.40.